The lowest BCUT2D eigenvalue weighted by atomic mass is 10.2. The van der Waals surface area contributed by atoms with E-state index in [2.05, 4.69) is 17.0 Å². The zero-order valence-electron chi connectivity index (χ0n) is 13.6. The number of piperazine rings is 1. The minimum absolute atomic E-state index is 0.0152. The molecule has 1 saturated heterocycles. The number of amides is 1. The van der Waals surface area contributed by atoms with Gasteiger partial charge in [-0.2, -0.15) is 0 Å². The lowest BCUT2D eigenvalue weighted by molar-refractivity contribution is -0.127. The molecule has 124 valence electrons. The van der Waals surface area contributed by atoms with Crippen LogP contribution in [0.15, 0.2) is 60.7 Å². The molecule has 2 aromatic carbocycles. The van der Waals surface area contributed by atoms with Crippen molar-refractivity contribution in [1.29, 1.82) is 0 Å². The van der Waals surface area contributed by atoms with E-state index in [1.165, 1.54) is 23.8 Å². The molecule has 0 atom stereocenters. The molecule has 3 nitrogen and oxygen atoms in total. The van der Waals surface area contributed by atoms with E-state index in [9.17, 15) is 9.18 Å². The zero-order valence-corrected chi connectivity index (χ0v) is 13.6. The van der Waals surface area contributed by atoms with Gasteiger partial charge in [-0.15, -0.1) is 0 Å². The van der Waals surface area contributed by atoms with Crippen molar-refractivity contribution < 1.29 is 9.18 Å². The predicted molar refractivity (Wildman–Crippen MR) is 93.7 cm³/mol. The lowest BCUT2D eigenvalue weighted by Gasteiger charge is -2.34. The third-order valence-electron chi connectivity index (χ3n) is 4.20. The van der Waals surface area contributed by atoms with Crippen molar-refractivity contribution in [2.75, 3.05) is 26.2 Å². The SMILES string of the molecule is O=C(/C=C/c1cccc(F)c1)N1CCN(Cc2ccccc2)CC1. The van der Waals surface area contributed by atoms with Gasteiger partial charge in [0.1, 0.15) is 5.82 Å². The molecule has 0 bridgehead atoms. The third kappa shape index (κ3) is 4.52. The molecular formula is C20H21FN2O. The largest absolute Gasteiger partial charge is 0.337 e. The second-order valence-electron chi connectivity index (χ2n) is 5.98. The second-order valence-corrected chi connectivity index (χ2v) is 5.98. The molecule has 0 unspecified atom stereocenters. The topological polar surface area (TPSA) is 23.6 Å². The molecular weight excluding hydrogens is 303 g/mol. The summed E-state index contributed by atoms with van der Waals surface area (Å²) < 4.78 is 13.1. The fourth-order valence-corrected chi connectivity index (χ4v) is 2.85. The van der Waals surface area contributed by atoms with Gasteiger partial charge in [0, 0.05) is 38.8 Å². The van der Waals surface area contributed by atoms with Crippen LogP contribution in [0.4, 0.5) is 4.39 Å². The number of carbonyl (C=O) groups is 1. The number of hydrogen-bond acceptors (Lipinski definition) is 2. The lowest BCUT2D eigenvalue weighted by Crippen LogP contribution is -2.47. The summed E-state index contributed by atoms with van der Waals surface area (Å²) in [7, 11) is 0. The first kappa shape index (κ1) is 16.4. The Labute approximate surface area is 142 Å². The Morgan fingerprint density at radius 2 is 1.75 bits per heavy atom. The minimum atomic E-state index is -0.292. The first-order chi connectivity index (χ1) is 11.7. The molecule has 0 aliphatic carbocycles. The van der Waals surface area contributed by atoms with Gasteiger partial charge < -0.3 is 4.90 Å². The van der Waals surface area contributed by atoms with E-state index in [1.807, 2.05) is 23.1 Å². The Morgan fingerprint density at radius 3 is 2.46 bits per heavy atom. The molecule has 0 saturated carbocycles. The summed E-state index contributed by atoms with van der Waals surface area (Å²) in [4.78, 5) is 16.4. The van der Waals surface area contributed by atoms with Crippen molar-refractivity contribution >= 4 is 12.0 Å². The van der Waals surface area contributed by atoms with E-state index < -0.39 is 0 Å². The molecule has 0 aromatic heterocycles. The highest BCUT2D eigenvalue weighted by atomic mass is 19.1. The standard InChI is InChI=1S/C20H21FN2O/c21-19-8-4-7-17(15-19)9-10-20(24)23-13-11-22(12-14-23)16-18-5-2-1-3-6-18/h1-10,15H,11-14,16H2/b10-9+. The van der Waals surface area contributed by atoms with Gasteiger partial charge in [-0.3, -0.25) is 9.69 Å². The van der Waals surface area contributed by atoms with E-state index in [0.717, 1.165) is 32.7 Å². The van der Waals surface area contributed by atoms with E-state index >= 15 is 0 Å². The Balaban J connectivity index is 1.50. The van der Waals surface area contributed by atoms with Crippen molar-refractivity contribution in [1.82, 2.24) is 9.80 Å². The highest BCUT2D eigenvalue weighted by Crippen LogP contribution is 2.10. The van der Waals surface area contributed by atoms with Gasteiger partial charge in [0.05, 0.1) is 0 Å². The van der Waals surface area contributed by atoms with Crippen molar-refractivity contribution in [3.05, 3.63) is 77.6 Å². The Hall–Kier alpha value is -2.46. The molecule has 0 spiro atoms. The van der Waals surface area contributed by atoms with Gasteiger partial charge >= 0.3 is 0 Å². The summed E-state index contributed by atoms with van der Waals surface area (Å²) in [5.41, 5.74) is 1.99. The quantitative estimate of drug-likeness (QED) is 0.807. The molecule has 1 fully saturated rings. The van der Waals surface area contributed by atoms with E-state index in [1.54, 1.807) is 18.2 Å². The van der Waals surface area contributed by atoms with Crippen LogP contribution in [-0.2, 0) is 11.3 Å². The molecule has 0 N–H and O–H groups in total. The summed E-state index contributed by atoms with van der Waals surface area (Å²) in [6.07, 6.45) is 3.20. The van der Waals surface area contributed by atoms with Crippen LogP contribution in [0.3, 0.4) is 0 Å². The van der Waals surface area contributed by atoms with Crippen molar-refractivity contribution in [2.45, 2.75) is 6.54 Å². The molecule has 2 aromatic rings. The average Bonchev–Trinajstić information content (AvgIpc) is 2.61. The van der Waals surface area contributed by atoms with Crippen molar-refractivity contribution in [3.63, 3.8) is 0 Å². The fourth-order valence-electron chi connectivity index (χ4n) is 2.85. The van der Waals surface area contributed by atoms with Crippen LogP contribution in [0.5, 0.6) is 0 Å². The summed E-state index contributed by atoms with van der Waals surface area (Å²) >= 11 is 0. The molecule has 1 amide bonds. The smallest absolute Gasteiger partial charge is 0.246 e. The molecule has 0 radical (unpaired) electrons. The van der Waals surface area contributed by atoms with Gasteiger partial charge in [-0.1, -0.05) is 42.5 Å². The molecule has 4 heteroatoms. The first-order valence-corrected chi connectivity index (χ1v) is 8.19. The van der Waals surface area contributed by atoms with Crippen molar-refractivity contribution in [2.24, 2.45) is 0 Å². The van der Waals surface area contributed by atoms with Gasteiger partial charge in [-0.05, 0) is 29.3 Å². The zero-order chi connectivity index (χ0) is 16.8. The Bertz CT molecular complexity index is 707. The molecule has 1 heterocycles. The monoisotopic (exact) mass is 324 g/mol. The highest BCUT2D eigenvalue weighted by Gasteiger charge is 2.19. The molecule has 24 heavy (non-hydrogen) atoms. The van der Waals surface area contributed by atoms with Crippen LogP contribution in [0.25, 0.3) is 6.08 Å². The number of carbonyl (C=O) groups excluding carboxylic acids is 1. The summed E-state index contributed by atoms with van der Waals surface area (Å²) in [5, 5.41) is 0. The van der Waals surface area contributed by atoms with Crippen LogP contribution >= 0.6 is 0 Å². The van der Waals surface area contributed by atoms with Gasteiger partial charge in [0.25, 0.3) is 0 Å². The Morgan fingerprint density at radius 1 is 1.00 bits per heavy atom. The molecule has 1 aliphatic rings. The number of benzene rings is 2. The first-order valence-electron chi connectivity index (χ1n) is 8.19. The minimum Gasteiger partial charge on any atom is -0.337 e. The van der Waals surface area contributed by atoms with Gasteiger partial charge in [0.2, 0.25) is 5.91 Å². The van der Waals surface area contributed by atoms with Crippen LogP contribution in [-0.4, -0.2) is 41.9 Å². The summed E-state index contributed by atoms with van der Waals surface area (Å²) in [5.74, 6) is -0.308. The van der Waals surface area contributed by atoms with E-state index in [-0.39, 0.29) is 11.7 Å². The molecule has 1 aliphatic heterocycles. The van der Waals surface area contributed by atoms with Gasteiger partial charge in [0.15, 0.2) is 0 Å². The number of halogens is 1. The number of nitrogens with zero attached hydrogens (tertiary/aromatic N) is 2. The Kier molecular flexibility index (Phi) is 5.39. The van der Waals surface area contributed by atoms with E-state index in [4.69, 9.17) is 0 Å². The van der Waals surface area contributed by atoms with Crippen molar-refractivity contribution in [3.8, 4) is 0 Å². The van der Waals surface area contributed by atoms with E-state index in [0.29, 0.717) is 5.56 Å². The average molecular weight is 324 g/mol. The second kappa shape index (κ2) is 7.88. The van der Waals surface area contributed by atoms with Gasteiger partial charge in [-0.25, -0.2) is 4.39 Å². The third-order valence-corrected chi connectivity index (χ3v) is 4.20. The fraction of sp³-hybridized carbons (Fsp3) is 0.250. The highest BCUT2D eigenvalue weighted by molar-refractivity contribution is 5.91. The maximum absolute atomic E-state index is 13.1. The molecule has 3 rings (SSSR count). The van der Waals surface area contributed by atoms with Crippen LogP contribution in [0, 0.1) is 5.82 Å². The summed E-state index contributed by atoms with van der Waals surface area (Å²) in [6.45, 7) is 4.10. The predicted octanol–water partition coefficient (Wildman–Crippen LogP) is 3.18. The number of hydrogen-bond donors (Lipinski definition) is 0. The summed E-state index contributed by atoms with van der Waals surface area (Å²) in [6, 6.07) is 16.6. The maximum Gasteiger partial charge on any atom is 0.246 e. The van der Waals surface area contributed by atoms with Crippen LogP contribution in [0.2, 0.25) is 0 Å². The maximum atomic E-state index is 13.1. The van der Waals surface area contributed by atoms with Crippen LogP contribution < -0.4 is 0 Å². The van der Waals surface area contributed by atoms with Crippen LogP contribution in [0.1, 0.15) is 11.1 Å². The normalized spacial score (nSPS) is 15.8. The number of rotatable bonds is 4.